The molecule has 94 valence electrons. The van der Waals surface area contributed by atoms with Crippen molar-refractivity contribution < 1.29 is 4.79 Å². The minimum Gasteiger partial charge on any atom is -0.294 e. The van der Waals surface area contributed by atoms with Gasteiger partial charge >= 0.3 is 0 Å². The Morgan fingerprint density at radius 2 is 2.18 bits per heavy atom. The molecule has 0 N–H and O–H groups in total. The van der Waals surface area contributed by atoms with Crippen molar-refractivity contribution in [2.75, 3.05) is 0 Å². The molecule has 0 amide bonds. The van der Waals surface area contributed by atoms with E-state index in [1.165, 1.54) is 32.1 Å². The first-order chi connectivity index (χ1) is 8.29. The van der Waals surface area contributed by atoms with Gasteiger partial charge in [-0.2, -0.15) is 5.10 Å². The number of rotatable bonds is 5. The van der Waals surface area contributed by atoms with Crippen LogP contribution in [-0.2, 0) is 6.54 Å². The summed E-state index contributed by atoms with van der Waals surface area (Å²) in [4.78, 5) is 12.1. The zero-order valence-electron chi connectivity index (χ0n) is 10.7. The highest BCUT2D eigenvalue weighted by Crippen LogP contribution is 2.27. The monoisotopic (exact) mass is 234 g/mol. The molecule has 1 aromatic rings. The summed E-state index contributed by atoms with van der Waals surface area (Å²) < 4.78 is 1.87. The number of hydrogen-bond donors (Lipinski definition) is 0. The Morgan fingerprint density at radius 3 is 2.88 bits per heavy atom. The predicted octanol–water partition coefficient (Wildman–Crippen LogP) is 3.45. The van der Waals surface area contributed by atoms with Crippen LogP contribution in [0.4, 0.5) is 0 Å². The van der Waals surface area contributed by atoms with Crippen LogP contribution < -0.4 is 0 Å². The molecule has 0 bridgehead atoms. The van der Waals surface area contributed by atoms with Gasteiger partial charge in [0.1, 0.15) is 0 Å². The van der Waals surface area contributed by atoms with Gasteiger partial charge in [-0.05, 0) is 12.3 Å². The number of nitrogens with zero attached hydrogens (tertiary/aromatic N) is 2. The number of carbonyl (C=O) groups excluding carboxylic acids is 1. The van der Waals surface area contributed by atoms with Crippen LogP contribution in [0.15, 0.2) is 12.4 Å². The predicted molar refractivity (Wildman–Crippen MR) is 68.0 cm³/mol. The number of aromatic nitrogens is 2. The fourth-order valence-corrected chi connectivity index (χ4v) is 2.63. The largest absolute Gasteiger partial charge is 0.294 e. The zero-order valence-corrected chi connectivity index (χ0v) is 10.7. The first-order valence-electron chi connectivity index (χ1n) is 6.85. The van der Waals surface area contributed by atoms with Gasteiger partial charge < -0.3 is 0 Å². The van der Waals surface area contributed by atoms with Gasteiger partial charge in [0.05, 0.1) is 11.8 Å². The van der Waals surface area contributed by atoms with Gasteiger partial charge in [-0.1, -0.05) is 39.0 Å². The van der Waals surface area contributed by atoms with Crippen LogP contribution in [0.1, 0.15) is 62.2 Å². The van der Waals surface area contributed by atoms with Gasteiger partial charge in [-0.25, -0.2) is 0 Å². The standard InChI is InChI=1S/C14H22N2O/c1-2-8-16-11-13(10-15-16)14(17)9-12-6-4-3-5-7-12/h10-12H,2-9H2,1H3. The van der Waals surface area contributed by atoms with E-state index in [1.54, 1.807) is 6.20 Å². The molecular formula is C14H22N2O. The third-order valence-electron chi connectivity index (χ3n) is 3.61. The van der Waals surface area contributed by atoms with E-state index in [4.69, 9.17) is 0 Å². The van der Waals surface area contributed by atoms with Crippen molar-refractivity contribution in [1.82, 2.24) is 9.78 Å². The number of Topliss-reactive ketones (excluding diaryl/α,β-unsaturated/α-hetero) is 1. The second-order valence-electron chi connectivity index (χ2n) is 5.12. The van der Waals surface area contributed by atoms with Crippen molar-refractivity contribution in [3.63, 3.8) is 0 Å². The van der Waals surface area contributed by atoms with Crippen molar-refractivity contribution in [3.05, 3.63) is 18.0 Å². The van der Waals surface area contributed by atoms with E-state index in [2.05, 4.69) is 12.0 Å². The molecule has 1 saturated carbocycles. The molecule has 0 atom stereocenters. The Morgan fingerprint density at radius 1 is 1.41 bits per heavy atom. The molecule has 0 aromatic carbocycles. The van der Waals surface area contributed by atoms with Crippen molar-refractivity contribution in [1.29, 1.82) is 0 Å². The van der Waals surface area contributed by atoms with Crippen LogP contribution in [0, 0.1) is 5.92 Å². The van der Waals surface area contributed by atoms with E-state index in [1.807, 2.05) is 10.9 Å². The second-order valence-corrected chi connectivity index (χ2v) is 5.12. The highest BCUT2D eigenvalue weighted by molar-refractivity contribution is 5.95. The molecule has 0 saturated heterocycles. The lowest BCUT2D eigenvalue weighted by Gasteiger charge is -2.20. The molecule has 2 rings (SSSR count). The van der Waals surface area contributed by atoms with Crippen LogP contribution in [0.5, 0.6) is 0 Å². The molecule has 0 spiro atoms. The Kier molecular flexibility index (Phi) is 4.35. The van der Waals surface area contributed by atoms with Gasteiger partial charge in [0.15, 0.2) is 5.78 Å². The lowest BCUT2D eigenvalue weighted by molar-refractivity contribution is 0.0950. The minimum absolute atomic E-state index is 0.277. The fraction of sp³-hybridized carbons (Fsp3) is 0.714. The summed E-state index contributed by atoms with van der Waals surface area (Å²) in [5.74, 6) is 0.894. The second kappa shape index (κ2) is 5.99. The number of carbonyl (C=O) groups is 1. The van der Waals surface area contributed by atoms with Crippen LogP contribution in [0.2, 0.25) is 0 Å². The lowest BCUT2D eigenvalue weighted by atomic mass is 9.85. The molecule has 0 radical (unpaired) electrons. The van der Waals surface area contributed by atoms with E-state index in [0.717, 1.165) is 24.9 Å². The summed E-state index contributed by atoms with van der Waals surface area (Å²) >= 11 is 0. The SMILES string of the molecule is CCCn1cc(C(=O)CC2CCCCC2)cn1. The summed E-state index contributed by atoms with van der Waals surface area (Å²) in [6, 6.07) is 0. The average Bonchev–Trinajstić information content (AvgIpc) is 2.79. The fourth-order valence-electron chi connectivity index (χ4n) is 2.63. The summed E-state index contributed by atoms with van der Waals surface area (Å²) in [6.45, 7) is 3.02. The first kappa shape index (κ1) is 12.3. The van der Waals surface area contributed by atoms with Gasteiger partial charge in [0.2, 0.25) is 0 Å². The Bertz CT molecular complexity index is 364. The van der Waals surface area contributed by atoms with Crippen LogP contribution in [0.3, 0.4) is 0 Å². The summed E-state index contributed by atoms with van der Waals surface area (Å²) in [7, 11) is 0. The Balaban J connectivity index is 1.89. The maximum Gasteiger partial charge on any atom is 0.166 e. The van der Waals surface area contributed by atoms with Crippen LogP contribution in [-0.4, -0.2) is 15.6 Å². The van der Waals surface area contributed by atoms with E-state index < -0.39 is 0 Å². The van der Waals surface area contributed by atoms with Crippen molar-refractivity contribution in [2.24, 2.45) is 5.92 Å². The van der Waals surface area contributed by atoms with Gasteiger partial charge in [0.25, 0.3) is 0 Å². The van der Waals surface area contributed by atoms with E-state index in [9.17, 15) is 4.79 Å². The molecule has 0 aliphatic heterocycles. The normalized spacial score (nSPS) is 17.2. The van der Waals surface area contributed by atoms with Gasteiger partial charge in [-0.15, -0.1) is 0 Å². The van der Waals surface area contributed by atoms with Gasteiger partial charge in [0, 0.05) is 19.2 Å². The number of hydrogen-bond acceptors (Lipinski definition) is 2. The average molecular weight is 234 g/mol. The molecule has 1 fully saturated rings. The van der Waals surface area contributed by atoms with Crippen molar-refractivity contribution in [2.45, 2.75) is 58.4 Å². The van der Waals surface area contributed by atoms with Crippen molar-refractivity contribution in [3.8, 4) is 0 Å². The maximum atomic E-state index is 12.1. The Hall–Kier alpha value is -1.12. The van der Waals surface area contributed by atoms with E-state index in [0.29, 0.717) is 5.92 Å². The highest BCUT2D eigenvalue weighted by Gasteiger charge is 2.18. The minimum atomic E-state index is 0.277. The van der Waals surface area contributed by atoms with Crippen LogP contribution in [0.25, 0.3) is 0 Å². The topological polar surface area (TPSA) is 34.9 Å². The molecule has 1 aliphatic rings. The third-order valence-corrected chi connectivity index (χ3v) is 3.61. The number of aryl methyl sites for hydroxylation is 1. The van der Waals surface area contributed by atoms with E-state index in [-0.39, 0.29) is 5.78 Å². The molecule has 1 heterocycles. The summed E-state index contributed by atoms with van der Waals surface area (Å²) in [6.07, 6.45) is 11.8. The van der Waals surface area contributed by atoms with Gasteiger partial charge in [-0.3, -0.25) is 9.48 Å². The molecule has 0 unspecified atom stereocenters. The molecule has 1 aliphatic carbocycles. The quantitative estimate of drug-likeness (QED) is 0.731. The molecule has 17 heavy (non-hydrogen) atoms. The maximum absolute atomic E-state index is 12.1. The molecular weight excluding hydrogens is 212 g/mol. The third kappa shape index (κ3) is 3.42. The van der Waals surface area contributed by atoms with Crippen molar-refractivity contribution >= 4 is 5.78 Å². The highest BCUT2D eigenvalue weighted by atomic mass is 16.1. The summed E-state index contributed by atoms with van der Waals surface area (Å²) in [5, 5.41) is 4.22. The first-order valence-corrected chi connectivity index (χ1v) is 6.85. The smallest absolute Gasteiger partial charge is 0.166 e. The molecule has 1 aromatic heterocycles. The Labute approximate surface area is 103 Å². The molecule has 3 nitrogen and oxygen atoms in total. The lowest BCUT2D eigenvalue weighted by Crippen LogP contribution is -2.11. The zero-order chi connectivity index (χ0) is 12.1. The molecule has 3 heteroatoms. The van der Waals surface area contributed by atoms with E-state index >= 15 is 0 Å². The van der Waals surface area contributed by atoms with Crippen LogP contribution >= 0.6 is 0 Å². The summed E-state index contributed by atoms with van der Waals surface area (Å²) in [5.41, 5.74) is 0.795. The number of ketones is 1.